The number of amides is 2. The van der Waals surface area contributed by atoms with Crippen molar-refractivity contribution in [3.8, 4) is 0 Å². The van der Waals surface area contributed by atoms with E-state index in [4.69, 9.17) is 34.8 Å². The van der Waals surface area contributed by atoms with Gasteiger partial charge in [-0.25, -0.2) is 8.42 Å². The van der Waals surface area contributed by atoms with Crippen LogP contribution in [0, 0.1) is 6.92 Å². The van der Waals surface area contributed by atoms with E-state index < -0.39 is 28.5 Å². The van der Waals surface area contributed by atoms with Crippen LogP contribution in [0.25, 0.3) is 0 Å². The van der Waals surface area contributed by atoms with E-state index in [1.807, 2.05) is 20.8 Å². The topological polar surface area (TPSA) is 86.8 Å². The zero-order valence-corrected chi connectivity index (χ0v) is 25.1. The first-order valence-electron chi connectivity index (χ1n) is 12.2. The minimum Gasteiger partial charge on any atom is -0.352 e. The molecule has 3 rings (SSSR count). The molecule has 2 amide bonds. The van der Waals surface area contributed by atoms with E-state index in [0.717, 1.165) is 9.87 Å². The lowest BCUT2D eigenvalue weighted by molar-refractivity contribution is -0.139. The molecule has 0 heterocycles. The van der Waals surface area contributed by atoms with Crippen LogP contribution < -0.4 is 9.62 Å². The van der Waals surface area contributed by atoms with Gasteiger partial charge in [-0.2, -0.15) is 0 Å². The van der Waals surface area contributed by atoms with Gasteiger partial charge in [0.05, 0.1) is 20.6 Å². The number of hydrogen-bond acceptors (Lipinski definition) is 4. The Labute approximate surface area is 244 Å². The highest BCUT2D eigenvalue weighted by atomic mass is 35.5. The fourth-order valence-corrected chi connectivity index (χ4v) is 5.81. The number of hydrogen-bond donors (Lipinski definition) is 1. The number of nitrogens with one attached hydrogen (secondary N) is 1. The summed E-state index contributed by atoms with van der Waals surface area (Å²) in [6, 6.07) is 16.6. The molecule has 0 bridgehead atoms. The van der Waals surface area contributed by atoms with Crippen LogP contribution in [0.4, 0.5) is 5.69 Å². The third-order valence-corrected chi connectivity index (χ3v) is 8.79. The first-order chi connectivity index (χ1) is 18.3. The normalized spacial score (nSPS) is 12.2. The van der Waals surface area contributed by atoms with E-state index in [2.05, 4.69) is 5.32 Å². The molecule has 0 aliphatic carbocycles. The van der Waals surface area contributed by atoms with Crippen LogP contribution in [0.15, 0.2) is 71.6 Å². The Bertz CT molecular complexity index is 1430. The van der Waals surface area contributed by atoms with Crippen LogP contribution in [0.5, 0.6) is 0 Å². The van der Waals surface area contributed by atoms with Gasteiger partial charge in [0.2, 0.25) is 11.8 Å². The van der Waals surface area contributed by atoms with Crippen LogP contribution in [-0.4, -0.2) is 43.8 Å². The molecule has 0 aliphatic heterocycles. The summed E-state index contributed by atoms with van der Waals surface area (Å²) in [5, 5.41) is 3.45. The average Bonchev–Trinajstić information content (AvgIpc) is 2.88. The Balaban J connectivity index is 2.07. The smallest absolute Gasteiger partial charge is 0.264 e. The number of carbonyl (C=O) groups excluding carboxylic acids is 2. The zero-order valence-electron chi connectivity index (χ0n) is 22.0. The summed E-state index contributed by atoms with van der Waals surface area (Å²) in [4.78, 5) is 28.2. The summed E-state index contributed by atoms with van der Waals surface area (Å²) in [5.41, 5.74) is 1.63. The second-order valence-electron chi connectivity index (χ2n) is 9.39. The standard InChI is InChI=1S/C28H30Cl3N3O4S/c1-18(2)32-28(36)20(4)33(16-21-10-12-22(29)13-11-21)26(35)17-34(25-7-5-6-24(30)27(25)31)39(37,38)23-14-8-19(3)9-15-23/h5-15,18,20H,16-17H2,1-4H3,(H,32,36). The van der Waals surface area contributed by atoms with Gasteiger partial charge >= 0.3 is 0 Å². The summed E-state index contributed by atoms with van der Waals surface area (Å²) in [6.45, 7) is 6.48. The lowest BCUT2D eigenvalue weighted by Gasteiger charge is -2.32. The largest absolute Gasteiger partial charge is 0.352 e. The van der Waals surface area contributed by atoms with Crippen molar-refractivity contribution < 1.29 is 18.0 Å². The summed E-state index contributed by atoms with van der Waals surface area (Å²) < 4.78 is 28.7. The Morgan fingerprint density at radius 2 is 1.51 bits per heavy atom. The van der Waals surface area contributed by atoms with E-state index in [0.29, 0.717) is 10.6 Å². The van der Waals surface area contributed by atoms with Crippen LogP contribution in [-0.2, 0) is 26.2 Å². The van der Waals surface area contributed by atoms with Crippen molar-refractivity contribution in [2.24, 2.45) is 0 Å². The highest BCUT2D eigenvalue weighted by molar-refractivity contribution is 7.92. The number of halogens is 3. The Morgan fingerprint density at radius 1 is 0.897 bits per heavy atom. The molecular weight excluding hydrogens is 581 g/mol. The maximum Gasteiger partial charge on any atom is 0.264 e. The maximum absolute atomic E-state index is 13.9. The summed E-state index contributed by atoms with van der Waals surface area (Å²) in [6.07, 6.45) is 0. The minimum absolute atomic E-state index is 0.0162. The molecular formula is C28H30Cl3N3O4S. The second-order valence-corrected chi connectivity index (χ2v) is 12.5. The predicted molar refractivity (Wildman–Crippen MR) is 157 cm³/mol. The number of carbonyl (C=O) groups is 2. The van der Waals surface area contributed by atoms with Crippen molar-refractivity contribution in [2.45, 2.75) is 51.2 Å². The lowest BCUT2D eigenvalue weighted by Crippen LogP contribution is -2.52. The Kier molecular flexibility index (Phi) is 10.3. The fraction of sp³-hybridized carbons (Fsp3) is 0.286. The van der Waals surface area contributed by atoms with Crippen LogP contribution in [0.2, 0.25) is 15.1 Å². The third kappa shape index (κ3) is 7.66. The van der Waals surface area contributed by atoms with Gasteiger partial charge in [-0.1, -0.05) is 70.7 Å². The minimum atomic E-state index is -4.26. The van der Waals surface area contributed by atoms with E-state index in [1.54, 1.807) is 49.4 Å². The average molecular weight is 611 g/mol. The van der Waals surface area contributed by atoms with Crippen molar-refractivity contribution in [1.82, 2.24) is 10.2 Å². The molecule has 0 saturated heterocycles. The van der Waals surface area contributed by atoms with Gasteiger partial charge in [-0.15, -0.1) is 0 Å². The number of anilines is 1. The molecule has 1 unspecified atom stereocenters. The third-order valence-electron chi connectivity index (χ3n) is 5.95. The van der Waals surface area contributed by atoms with Crippen LogP contribution in [0.1, 0.15) is 31.9 Å². The number of aryl methyl sites for hydroxylation is 1. The summed E-state index contributed by atoms with van der Waals surface area (Å²) in [7, 11) is -4.26. The second kappa shape index (κ2) is 13.0. The monoisotopic (exact) mass is 609 g/mol. The molecule has 0 aliphatic rings. The summed E-state index contributed by atoms with van der Waals surface area (Å²) in [5.74, 6) is -0.982. The molecule has 0 aromatic heterocycles. The number of nitrogens with zero attached hydrogens (tertiary/aromatic N) is 2. The van der Waals surface area contributed by atoms with E-state index in [-0.39, 0.29) is 39.1 Å². The molecule has 3 aromatic carbocycles. The first-order valence-corrected chi connectivity index (χ1v) is 14.8. The van der Waals surface area contributed by atoms with Crippen molar-refractivity contribution >= 4 is 62.3 Å². The van der Waals surface area contributed by atoms with Gasteiger partial charge in [-0.05, 0) is 69.7 Å². The van der Waals surface area contributed by atoms with Crippen molar-refractivity contribution in [3.05, 3.63) is 92.9 Å². The first kappa shape index (κ1) is 30.8. The van der Waals surface area contributed by atoms with Gasteiger partial charge in [0.15, 0.2) is 0 Å². The molecule has 0 saturated carbocycles. The van der Waals surface area contributed by atoms with Gasteiger partial charge in [-0.3, -0.25) is 13.9 Å². The molecule has 0 fully saturated rings. The summed E-state index contributed by atoms with van der Waals surface area (Å²) >= 11 is 18.7. The molecule has 1 atom stereocenters. The molecule has 39 heavy (non-hydrogen) atoms. The highest BCUT2D eigenvalue weighted by Gasteiger charge is 2.33. The molecule has 0 spiro atoms. The number of benzene rings is 3. The van der Waals surface area contributed by atoms with Gasteiger partial charge in [0.1, 0.15) is 12.6 Å². The highest BCUT2D eigenvalue weighted by Crippen LogP contribution is 2.35. The fourth-order valence-electron chi connectivity index (χ4n) is 3.81. The molecule has 1 N–H and O–H groups in total. The van der Waals surface area contributed by atoms with Crippen molar-refractivity contribution in [1.29, 1.82) is 0 Å². The maximum atomic E-state index is 13.9. The van der Waals surface area contributed by atoms with Crippen LogP contribution >= 0.6 is 34.8 Å². The van der Waals surface area contributed by atoms with Gasteiger partial charge in [0, 0.05) is 17.6 Å². The molecule has 11 heteroatoms. The van der Waals surface area contributed by atoms with E-state index in [1.165, 1.54) is 29.2 Å². The Hall–Kier alpha value is -2.78. The molecule has 3 aromatic rings. The molecule has 208 valence electrons. The quantitative estimate of drug-likeness (QED) is 0.301. The molecule has 7 nitrogen and oxygen atoms in total. The van der Waals surface area contributed by atoms with E-state index >= 15 is 0 Å². The number of rotatable bonds is 10. The SMILES string of the molecule is Cc1ccc(S(=O)(=O)N(CC(=O)N(Cc2ccc(Cl)cc2)C(C)C(=O)NC(C)C)c2cccc(Cl)c2Cl)cc1. The zero-order chi connectivity index (χ0) is 28.9. The van der Waals surface area contributed by atoms with Gasteiger partial charge in [0.25, 0.3) is 10.0 Å². The lowest BCUT2D eigenvalue weighted by atomic mass is 10.1. The van der Waals surface area contributed by atoms with Crippen LogP contribution in [0.3, 0.4) is 0 Å². The van der Waals surface area contributed by atoms with E-state index in [9.17, 15) is 18.0 Å². The molecule has 0 radical (unpaired) electrons. The van der Waals surface area contributed by atoms with Gasteiger partial charge < -0.3 is 10.2 Å². The number of sulfonamides is 1. The Morgan fingerprint density at radius 3 is 2.10 bits per heavy atom. The van der Waals surface area contributed by atoms with Crippen molar-refractivity contribution in [3.63, 3.8) is 0 Å². The van der Waals surface area contributed by atoms with Crippen molar-refractivity contribution in [2.75, 3.05) is 10.8 Å². The predicted octanol–water partition coefficient (Wildman–Crippen LogP) is 6.09.